The summed E-state index contributed by atoms with van der Waals surface area (Å²) >= 11 is 0. The van der Waals surface area contributed by atoms with Crippen LogP contribution in [0.5, 0.6) is 0 Å². The van der Waals surface area contributed by atoms with Crippen molar-refractivity contribution in [2.24, 2.45) is 0 Å². The first-order chi connectivity index (χ1) is 9.27. The maximum atomic E-state index is 11.6. The summed E-state index contributed by atoms with van der Waals surface area (Å²) in [4.78, 5) is 32.7. The van der Waals surface area contributed by atoms with Gasteiger partial charge in [0.25, 0.3) is 5.69 Å². The number of methoxy groups -OCH3 is 1. The van der Waals surface area contributed by atoms with Gasteiger partial charge in [0.15, 0.2) is 0 Å². The van der Waals surface area contributed by atoms with Gasteiger partial charge >= 0.3 is 11.9 Å². The number of nitrogens with one attached hydrogen (secondary N) is 1. The van der Waals surface area contributed by atoms with Crippen molar-refractivity contribution >= 4 is 23.3 Å². The van der Waals surface area contributed by atoms with Crippen LogP contribution < -0.4 is 5.32 Å². The molecular formula is C12H14N2O6. The van der Waals surface area contributed by atoms with Crippen LogP contribution in [-0.4, -0.2) is 35.1 Å². The number of ether oxygens (including phenoxy) is 1. The predicted molar refractivity (Wildman–Crippen MR) is 69.9 cm³/mol. The highest BCUT2D eigenvalue weighted by molar-refractivity contribution is 5.96. The number of rotatable bonds is 5. The Kier molecular flexibility index (Phi) is 4.63. The molecule has 1 atom stereocenters. The van der Waals surface area contributed by atoms with Gasteiger partial charge in [-0.05, 0) is 26.0 Å². The highest BCUT2D eigenvalue weighted by Crippen LogP contribution is 2.28. The number of hydrogen-bond acceptors (Lipinski definition) is 6. The molecule has 0 bridgehead atoms. The van der Waals surface area contributed by atoms with Gasteiger partial charge in [-0.15, -0.1) is 0 Å². The van der Waals surface area contributed by atoms with E-state index in [1.165, 1.54) is 26.0 Å². The molecule has 0 aliphatic heterocycles. The van der Waals surface area contributed by atoms with Gasteiger partial charge < -0.3 is 15.2 Å². The van der Waals surface area contributed by atoms with Crippen LogP contribution in [0.4, 0.5) is 11.4 Å². The smallest absolute Gasteiger partial charge is 0.344 e. The predicted octanol–water partition coefficient (Wildman–Crippen LogP) is 1.57. The number of nitro groups is 1. The number of benzene rings is 1. The van der Waals surface area contributed by atoms with E-state index in [1.807, 2.05) is 0 Å². The summed E-state index contributed by atoms with van der Waals surface area (Å²) < 4.78 is 4.50. The summed E-state index contributed by atoms with van der Waals surface area (Å²) in [6, 6.07) is 1.71. The Labute approximate surface area is 114 Å². The monoisotopic (exact) mass is 282 g/mol. The second-order valence-corrected chi connectivity index (χ2v) is 4.14. The molecule has 8 nitrogen and oxygen atoms in total. The first-order valence-corrected chi connectivity index (χ1v) is 5.64. The fourth-order valence-electron chi connectivity index (χ4n) is 1.68. The minimum atomic E-state index is -1.08. The lowest BCUT2D eigenvalue weighted by molar-refractivity contribution is -0.385. The SMILES string of the molecule is COC(=O)c1cc(N[C@H](C)C(=O)O)cc(C)c1[N+](=O)[O-]. The second kappa shape index (κ2) is 6.00. The number of carbonyl (C=O) groups excluding carboxylic acids is 1. The Morgan fingerprint density at radius 2 is 2.05 bits per heavy atom. The summed E-state index contributed by atoms with van der Waals surface area (Å²) in [6.07, 6.45) is 0. The summed E-state index contributed by atoms with van der Waals surface area (Å²) in [7, 11) is 1.11. The minimum Gasteiger partial charge on any atom is -0.480 e. The molecule has 0 heterocycles. The van der Waals surface area contributed by atoms with Crippen molar-refractivity contribution in [3.05, 3.63) is 33.4 Å². The maximum absolute atomic E-state index is 11.6. The largest absolute Gasteiger partial charge is 0.480 e. The Morgan fingerprint density at radius 1 is 1.45 bits per heavy atom. The first-order valence-electron chi connectivity index (χ1n) is 5.64. The summed E-state index contributed by atoms with van der Waals surface area (Å²) in [6.45, 7) is 2.87. The number of aryl methyl sites for hydroxylation is 1. The first kappa shape index (κ1) is 15.4. The highest BCUT2D eigenvalue weighted by atomic mass is 16.6. The molecule has 20 heavy (non-hydrogen) atoms. The highest BCUT2D eigenvalue weighted by Gasteiger charge is 2.25. The Morgan fingerprint density at radius 3 is 2.50 bits per heavy atom. The van der Waals surface area contributed by atoms with Gasteiger partial charge in [-0.3, -0.25) is 14.9 Å². The topological polar surface area (TPSA) is 119 Å². The van der Waals surface area contributed by atoms with E-state index in [1.54, 1.807) is 0 Å². The van der Waals surface area contributed by atoms with Crippen molar-refractivity contribution in [1.29, 1.82) is 0 Å². The zero-order valence-electron chi connectivity index (χ0n) is 11.2. The number of carboxylic acid groups (broad SMARTS) is 1. The number of carbonyl (C=O) groups is 2. The van der Waals surface area contributed by atoms with Gasteiger partial charge in [-0.25, -0.2) is 4.79 Å². The number of anilines is 1. The molecule has 1 aromatic rings. The van der Waals surface area contributed by atoms with Gasteiger partial charge in [-0.2, -0.15) is 0 Å². The van der Waals surface area contributed by atoms with Crippen LogP contribution in [-0.2, 0) is 9.53 Å². The van der Waals surface area contributed by atoms with Crippen LogP contribution in [0.2, 0.25) is 0 Å². The van der Waals surface area contributed by atoms with E-state index in [0.717, 1.165) is 7.11 Å². The Balaban J connectivity index is 3.32. The van der Waals surface area contributed by atoms with Crippen LogP contribution in [0.15, 0.2) is 12.1 Å². The molecule has 0 aliphatic carbocycles. The molecule has 108 valence electrons. The number of hydrogen-bond donors (Lipinski definition) is 2. The molecule has 8 heteroatoms. The minimum absolute atomic E-state index is 0.224. The molecule has 0 saturated heterocycles. The van der Waals surface area contributed by atoms with Crippen molar-refractivity contribution in [2.75, 3.05) is 12.4 Å². The molecule has 0 unspecified atom stereocenters. The van der Waals surface area contributed by atoms with E-state index in [2.05, 4.69) is 10.1 Å². The molecule has 0 amide bonds. The van der Waals surface area contributed by atoms with E-state index in [4.69, 9.17) is 5.11 Å². The number of nitro benzene ring substituents is 1. The summed E-state index contributed by atoms with van der Waals surface area (Å²) in [5.41, 5.74) is -0.0515. The molecule has 0 fully saturated rings. The lowest BCUT2D eigenvalue weighted by Crippen LogP contribution is -2.25. The molecule has 1 aromatic carbocycles. The number of carboxylic acids is 1. The van der Waals surface area contributed by atoms with Gasteiger partial charge in [0.1, 0.15) is 11.6 Å². The lowest BCUT2D eigenvalue weighted by atomic mass is 10.1. The molecule has 0 aliphatic rings. The second-order valence-electron chi connectivity index (χ2n) is 4.14. The molecule has 0 saturated carbocycles. The van der Waals surface area contributed by atoms with Crippen LogP contribution in [0.1, 0.15) is 22.8 Å². The van der Waals surface area contributed by atoms with E-state index in [-0.39, 0.29) is 16.8 Å². The van der Waals surface area contributed by atoms with Crippen molar-refractivity contribution in [2.45, 2.75) is 19.9 Å². The van der Waals surface area contributed by atoms with Gasteiger partial charge in [0, 0.05) is 11.3 Å². The van der Waals surface area contributed by atoms with E-state index in [9.17, 15) is 19.7 Å². The standard InChI is InChI=1S/C12H14N2O6/c1-6-4-8(13-7(2)11(15)16)5-9(12(17)20-3)10(6)14(18)19/h4-5,7,13H,1-3H3,(H,15,16)/t7-/m1/s1. The van der Waals surface area contributed by atoms with Crippen LogP contribution >= 0.6 is 0 Å². The molecule has 0 spiro atoms. The summed E-state index contributed by atoms with van der Waals surface area (Å²) in [5, 5.41) is 22.4. The van der Waals surface area contributed by atoms with Gasteiger partial charge in [-0.1, -0.05) is 0 Å². The summed E-state index contributed by atoms with van der Waals surface area (Å²) in [5.74, 6) is -1.94. The Bertz CT molecular complexity index is 569. The van der Waals surface area contributed by atoms with Crippen molar-refractivity contribution in [1.82, 2.24) is 0 Å². The van der Waals surface area contributed by atoms with Crippen molar-refractivity contribution in [3.8, 4) is 0 Å². The number of nitrogens with zero attached hydrogens (tertiary/aromatic N) is 1. The van der Waals surface area contributed by atoms with Crippen LogP contribution in [0, 0.1) is 17.0 Å². The number of esters is 1. The van der Waals surface area contributed by atoms with Crippen molar-refractivity contribution < 1.29 is 24.4 Å². The van der Waals surface area contributed by atoms with Gasteiger partial charge in [0.05, 0.1) is 12.0 Å². The molecule has 0 radical (unpaired) electrons. The fourth-order valence-corrected chi connectivity index (χ4v) is 1.68. The third-order valence-corrected chi connectivity index (χ3v) is 2.64. The lowest BCUT2D eigenvalue weighted by Gasteiger charge is -2.13. The average molecular weight is 282 g/mol. The zero-order chi connectivity index (χ0) is 15.4. The molecule has 2 N–H and O–H groups in total. The third kappa shape index (κ3) is 3.22. The third-order valence-electron chi connectivity index (χ3n) is 2.64. The van der Waals surface area contributed by atoms with E-state index in [0.29, 0.717) is 5.69 Å². The average Bonchev–Trinajstić information content (AvgIpc) is 2.36. The molecule has 0 aromatic heterocycles. The zero-order valence-corrected chi connectivity index (χ0v) is 11.2. The fraction of sp³-hybridized carbons (Fsp3) is 0.333. The molecular weight excluding hydrogens is 268 g/mol. The quantitative estimate of drug-likeness (QED) is 0.478. The maximum Gasteiger partial charge on any atom is 0.344 e. The van der Waals surface area contributed by atoms with Gasteiger partial charge in [0.2, 0.25) is 0 Å². The van der Waals surface area contributed by atoms with Crippen molar-refractivity contribution in [3.63, 3.8) is 0 Å². The van der Waals surface area contributed by atoms with Crippen LogP contribution in [0.3, 0.4) is 0 Å². The molecule has 1 rings (SSSR count). The van der Waals surface area contributed by atoms with E-state index < -0.39 is 22.9 Å². The normalized spacial score (nSPS) is 11.6. The Hall–Kier alpha value is -2.64. The number of aliphatic carboxylic acids is 1. The van der Waals surface area contributed by atoms with Crippen LogP contribution in [0.25, 0.3) is 0 Å². The van der Waals surface area contributed by atoms with E-state index >= 15 is 0 Å².